The second-order valence-corrected chi connectivity index (χ2v) is 6.00. The molecule has 0 aliphatic carbocycles. The molecule has 3 N–H and O–H groups in total. The molecule has 3 aromatic rings. The number of hydrogen-bond donors (Lipinski definition) is 3. The zero-order chi connectivity index (χ0) is 17.6. The van der Waals surface area contributed by atoms with Gasteiger partial charge in [-0.15, -0.1) is 5.10 Å². The van der Waals surface area contributed by atoms with E-state index in [9.17, 15) is 9.59 Å². The first-order chi connectivity index (χ1) is 12.1. The molecule has 0 spiro atoms. The smallest absolute Gasteiger partial charge is 0.335 e. The molecule has 2 aromatic carbocycles. The number of carbonyl (C=O) groups excluding carboxylic acids is 1. The summed E-state index contributed by atoms with van der Waals surface area (Å²) < 4.78 is 0. The summed E-state index contributed by atoms with van der Waals surface area (Å²) >= 11 is 1.19. The van der Waals surface area contributed by atoms with Gasteiger partial charge in [-0.3, -0.25) is 9.89 Å². The van der Waals surface area contributed by atoms with Crippen molar-refractivity contribution in [3.63, 3.8) is 0 Å². The number of H-pyrrole nitrogens is 1. The Morgan fingerprint density at radius 3 is 2.68 bits per heavy atom. The lowest BCUT2D eigenvalue weighted by Gasteiger charge is -2.04. The molecule has 0 atom stereocenters. The molecule has 0 aliphatic heterocycles. The van der Waals surface area contributed by atoms with Crippen LogP contribution in [-0.4, -0.2) is 37.9 Å². The standard InChI is InChI=1S/C17H14N4O3S/c22-14(18-13-8-4-7-12(9-13)16(23)24)10-25-17-19-15(20-21-17)11-5-2-1-3-6-11/h1-9H,10H2,(H,18,22)(H,23,24)(H,19,20,21). The average Bonchev–Trinajstić information content (AvgIpc) is 3.10. The third-order valence-electron chi connectivity index (χ3n) is 3.24. The zero-order valence-electron chi connectivity index (χ0n) is 13.0. The number of carboxylic acid groups (broad SMARTS) is 1. The quantitative estimate of drug-likeness (QED) is 0.588. The molecule has 8 heteroatoms. The van der Waals surface area contributed by atoms with Gasteiger partial charge in [0.15, 0.2) is 5.82 Å². The minimum absolute atomic E-state index is 0.114. The Morgan fingerprint density at radius 2 is 1.92 bits per heavy atom. The van der Waals surface area contributed by atoms with Crippen molar-refractivity contribution in [1.29, 1.82) is 0 Å². The Bertz CT molecular complexity index is 896. The van der Waals surface area contributed by atoms with Crippen LogP contribution in [0.1, 0.15) is 10.4 Å². The maximum absolute atomic E-state index is 12.0. The van der Waals surface area contributed by atoms with Crippen molar-refractivity contribution in [2.75, 3.05) is 11.1 Å². The van der Waals surface area contributed by atoms with Crippen molar-refractivity contribution in [3.8, 4) is 11.4 Å². The Kier molecular flexibility index (Phi) is 5.10. The van der Waals surface area contributed by atoms with Gasteiger partial charge >= 0.3 is 5.97 Å². The van der Waals surface area contributed by atoms with Crippen LogP contribution in [-0.2, 0) is 4.79 Å². The molecule has 25 heavy (non-hydrogen) atoms. The number of thioether (sulfide) groups is 1. The van der Waals surface area contributed by atoms with Crippen LogP contribution in [0.4, 0.5) is 5.69 Å². The summed E-state index contributed by atoms with van der Waals surface area (Å²) in [6, 6.07) is 15.6. The molecular weight excluding hydrogens is 340 g/mol. The van der Waals surface area contributed by atoms with E-state index in [0.29, 0.717) is 16.7 Å². The monoisotopic (exact) mass is 354 g/mol. The number of anilines is 1. The van der Waals surface area contributed by atoms with Crippen LogP contribution in [0, 0.1) is 0 Å². The van der Waals surface area contributed by atoms with Gasteiger partial charge in [0, 0.05) is 11.3 Å². The second kappa shape index (κ2) is 7.63. The normalized spacial score (nSPS) is 10.4. The lowest BCUT2D eigenvalue weighted by atomic mass is 10.2. The summed E-state index contributed by atoms with van der Waals surface area (Å²) in [5.41, 5.74) is 1.47. The predicted octanol–water partition coefficient (Wildman–Crippen LogP) is 2.90. The van der Waals surface area contributed by atoms with E-state index < -0.39 is 5.97 Å². The number of benzene rings is 2. The van der Waals surface area contributed by atoms with Gasteiger partial charge < -0.3 is 10.4 Å². The fraction of sp³-hybridized carbons (Fsp3) is 0.0588. The van der Waals surface area contributed by atoms with E-state index >= 15 is 0 Å². The van der Waals surface area contributed by atoms with Crippen molar-refractivity contribution in [1.82, 2.24) is 15.2 Å². The van der Waals surface area contributed by atoms with Crippen LogP contribution >= 0.6 is 11.8 Å². The van der Waals surface area contributed by atoms with E-state index in [2.05, 4.69) is 20.5 Å². The number of carboxylic acids is 1. The Hall–Kier alpha value is -3.13. The van der Waals surface area contributed by atoms with Gasteiger partial charge in [0.25, 0.3) is 0 Å². The molecular formula is C17H14N4O3S. The molecule has 0 saturated heterocycles. The molecule has 0 saturated carbocycles. The van der Waals surface area contributed by atoms with E-state index in [1.807, 2.05) is 30.3 Å². The highest BCUT2D eigenvalue weighted by molar-refractivity contribution is 7.99. The molecule has 0 radical (unpaired) electrons. The number of carbonyl (C=O) groups is 2. The number of amides is 1. The number of nitrogens with one attached hydrogen (secondary N) is 2. The van der Waals surface area contributed by atoms with Crippen LogP contribution in [0.5, 0.6) is 0 Å². The minimum atomic E-state index is -1.04. The highest BCUT2D eigenvalue weighted by Gasteiger charge is 2.10. The number of aromatic amines is 1. The number of rotatable bonds is 6. The molecule has 0 fully saturated rings. The Balaban J connectivity index is 1.57. The van der Waals surface area contributed by atoms with Gasteiger partial charge in [-0.2, -0.15) is 0 Å². The third-order valence-corrected chi connectivity index (χ3v) is 4.09. The number of hydrogen-bond acceptors (Lipinski definition) is 5. The van der Waals surface area contributed by atoms with Crippen LogP contribution < -0.4 is 5.32 Å². The highest BCUT2D eigenvalue weighted by Crippen LogP contribution is 2.19. The Morgan fingerprint density at radius 1 is 1.12 bits per heavy atom. The second-order valence-electron chi connectivity index (χ2n) is 5.06. The van der Waals surface area contributed by atoms with Gasteiger partial charge in [0.2, 0.25) is 11.1 Å². The summed E-state index contributed by atoms with van der Waals surface area (Å²) in [6.07, 6.45) is 0. The highest BCUT2D eigenvalue weighted by atomic mass is 32.2. The maximum atomic E-state index is 12.0. The molecule has 0 aliphatic rings. The molecule has 1 heterocycles. The summed E-state index contributed by atoms with van der Waals surface area (Å²) in [5, 5.41) is 19.0. The topological polar surface area (TPSA) is 108 Å². The number of nitrogens with zero attached hydrogens (tertiary/aromatic N) is 2. The summed E-state index contributed by atoms with van der Waals surface area (Å²) in [7, 11) is 0. The molecule has 1 amide bonds. The molecule has 126 valence electrons. The lowest BCUT2D eigenvalue weighted by Crippen LogP contribution is -2.14. The summed E-state index contributed by atoms with van der Waals surface area (Å²) in [6.45, 7) is 0. The van der Waals surface area contributed by atoms with E-state index in [1.54, 1.807) is 12.1 Å². The fourth-order valence-electron chi connectivity index (χ4n) is 2.09. The molecule has 0 bridgehead atoms. The third kappa shape index (κ3) is 4.45. The summed E-state index contributed by atoms with van der Waals surface area (Å²) in [4.78, 5) is 27.3. The first-order valence-corrected chi connectivity index (χ1v) is 8.34. The van der Waals surface area contributed by atoms with Crippen molar-refractivity contribution in [2.24, 2.45) is 0 Å². The molecule has 3 rings (SSSR count). The van der Waals surface area contributed by atoms with Gasteiger partial charge in [-0.25, -0.2) is 9.78 Å². The van der Waals surface area contributed by atoms with E-state index in [4.69, 9.17) is 5.11 Å². The number of aromatic carboxylic acids is 1. The SMILES string of the molecule is O=C(CSc1n[nH]c(-c2ccccc2)n1)Nc1cccc(C(=O)O)c1. The van der Waals surface area contributed by atoms with Gasteiger partial charge in [-0.1, -0.05) is 48.2 Å². The van der Waals surface area contributed by atoms with Crippen LogP contribution in [0.2, 0.25) is 0 Å². The Labute approximate surface area is 147 Å². The molecule has 7 nitrogen and oxygen atoms in total. The predicted molar refractivity (Wildman–Crippen MR) is 94.6 cm³/mol. The zero-order valence-corrected chi connectivity index (χ0v) is 13.8. The fourth-order valence-corrected chi connectivity index (χ4v) is 2.69. The van der Waals surface area contributed by atoms with Crippen molar-refractivity contribution in [2.45, 2.75) is 5.16 Å². The van der Waals surface area contributed by atoms with E-state index in [0.717, 1.165) is 5.56 Å². The first-order valence-electron chi connectivity index (χ1n) is 7.35. The minimum Gasteiger partial charge on any atom is -0.478 e. The van der Waals surface area contributed by atoms with Gasteiger partial charge in [-0.05, 0) is 18.2 Å². The van der Waals surface area contributed by atoms with Crippen molar-refractivity contribution in [3.05, 3.63) is 60.2 Å². The number of aromatic nitrogens is 3. The lowest BCUT2D eigenvalue weighted by molar-refractivity contribution is -0.113. The first kappa shape index (κ1) is 16.7. The van der Waals surface area contributed by atoms with Crippen molar-refractivity contribution >= 4 is 29.3 Å². The van der Waals surface area contributed by atoms with Crippen LogP contribution in [0.3, 0.4) is 0 Å². The molecule has 0 unspecified atom stereocenters. The maximum Gasteiger partial charge on any atom is 0.335 e. The average molecular weight is 354 g/mol. The van der Waals surface area contributed by atoms with Gasteiger partial charge in [0.05, 0.1) is 11.3 Å². The summed E-state index contributed by atoms with van der Waals surface area (Å²) in [5.74, 6) is -0.556. The largest absolute Gasteiger partial charge is 0.478 e. The van der Waals surface area contributed by atoms with E-state index in [1.165, 1.54) is 23.9 Å². The van der Waals surface area contributed by atoms with Crippen molar-refractivity contribution < 1.29 is 14.7 Å². The van der Waals surface area contributed by atoms with Crippen LogP contribution in [0.15, 0.2) is 59.8 Å². The van der Waals surface area contributed by atoms with Crippen LogP contribution in [0.25, 0.3) is 11.4 Å². The van der Waals surface area contributed by atoms with Gasteiger partial charge in [0.1, 0.15) is 0 Å². The van der Waals surface area contributed by atoms with E-state index in [-0.39, 0.29) is 17.2 Å². The molecule has 1 aromatic heterocycles.